The predicted octanol–water partition coefficient (Wildman–Crippen LogP) is 6.52. The molecular weight excluding hydrogens is 259 g/mol. The summed E-state index contributed by atoms with van der Waals surface area (Å²) in [7, 11) is 0. The van der Waals surface area contributed by atoms with Crippen LogP contribution in [0.2, 0.25) is 0 Å². The van der Waals surface area contributed by atoms with Crippen LogP contribution in [-0.4, -0.2) is 6.17 Å². The van der Waals surface area contributed by atoms with Crippen molar-refractivity contribution in [1.29, 1.82) is 0 Å². The Balaban J connectivity index is 0.000000304. The van der Waals surface area contributed by atoms with E-state index in [1.54, 1.807) is 6.08 Å². The largest absolute Gasteiger partial charge is 0.243 e. The molecule has 0 spiro atoms. The summed E-state index contributed by atoms with van der Waals surface area (Å²) in [5, 5.41) is 0. The first kappa shape index (κ1) is 17.7. The maximum absolute atomic E-state index is 12.8. The molecule has 1 aromatic rings. The van der Waals surface area contributed by atoms with Gasteiger partial charge in [-0.25, -0.2) is 4.39 Å². The van der Waals surface area contributed by atoms with Crippen molar-refractivity contribution >= 4 is 6.08 Å². The zero-order valence-corrected chi connectivity index (χ0v) is 13.6. The molecule has 1 heteroatoms. The van der Waals surface area contributed by atoms with Gasteiger partial charge in [-0.3, -0.25) is 0 Å². The van der Waals surface area contributed by atoms with Crippen LogP contribution in [0.5, 0.6) is 0 Å². The smallest absolute Gasteiger partial charge is 0.122 e. The first-order valence-corrected chi connectivity index (χ1v) is 8.24. The van der Waals surface area contributed by atoms with Crippen LogP contribution in [0.15, 0.2) is 42.5 Å². The van der Waals surface area contributed by atoms with E-state index in [1.165, 1.54) is 51.0 Å². The molecule has 0 aromatic heterocycles. The molecule has 0 aliphatic heterocycles. The van der Waals surface area contributed by atoms with Crippen LogP contribution >= 0.6 is 0 Å². The van der Waals surface area contributed by atoms with E-state index in [0.29, 0.717) is 5.57 Å². The van der Waals surface area contributed by atoms with Crippen molar-refractivity contribution in [1.82, 2.24) is 0 Å². The Morgan fingerprint density at radius 1 is 1.14 bits per heavy atom. The molecule has 0 radical (unpaired) electrons. The van der Waals surface area contributed by atoms with E-state index in [1.807, 2.05) is 24.3 Å². The average molecular weight is 288 g/mol. The fraction of sp³-hybridized carbons (Fsp3) is 0.500. The molecule has 0 N–H and O–H groups in total. The predicted molar refractivity (Wildman–Crippen MR) is 92.3 cm³/mol. The molecule has 2 rings (SSSR count). The Labute approximate surface area is 129 Å². The molecule has 1 fully saturated rings. The third-order valence-electron chi connectivity index (χ3n) is 3.92. The van der Waals surface area contributed by atoms with Crippen LogP contribution < -0.4 is 0 Å². The monoisotopic (exact) mass is 288 g/mol. The first-order valence-electron chi connectivity index (χ1n) is 8.24. The van der Waals surface area contributed by atoms with Gasteiger partial charge in [-0.15, -0.1) is 0 Å². The van der Waals surface area contributed by atoms with Crippen LogP contribution in [-0.2, 0) is 6.42 Å². The van der Waals surface area contributed by atoms with E-state index in [-0.39, 0.29) is 0 Å². The van der Waals surface area contributed by atoms with Crippen LogP contribution in [0.3, 0.4) is 0 Å². The molecular formula is C20H29F. The molecule has 1 unspecified atom stereocenters. The van der Waals surface area contributed by atoms with Crippen LogP contribution in [0.25, 0.3) is 6.08 Å². The molecule has 1 aliphatic rings. The highest BCUT2D eigenvalue weighted by atomic mass is 19.1. The molecule has 0 nitrogen and oxygen atoms in total. The SMILES string of the molecule is C1CCCCC1.C=C(/C=C\c1ccccc1CC)C(C)F. The summed E-state index contributed by atoms with van der Waals surface area (Å²) in [6.07, 6.45) is 12.7. The lowest BCUT2D eigenvalue weighted by Crippen LogP contribution is -1.93. The van der Waals surface area contributed by atoms with Crippen molar-refractivity contribution in [3.8, 4) is 0 Å². The Morgan fingerprint density at radius 3 is 2.14 bits per heavy atom. The number of aryl methyl sites for hydroxylation is 1. The Morgan fingerprint density at radius 2 is 1.67 bits per heavy atom. The summed E-state index contributed by atoms with van der Waals surface area (Å²) in [6.45, 7) is 7.27. The van der Waals surface area contributed by atoms with Crippen LogP contribution in [0.4, 0.5) is 4.39 Å². The number of alkyl halides is 1. The Hall–Kier alpha value is -1.37. The maximum Gasteiger partial charge on any atom is 0.122 e. The van der Waals surface area contributed by atoms with E-state index in [2.05, 4.69) is 19.6 Å². The lowest BCUT2D eigenvalue weighted by Gasteiger charge is -2.05. The highest BCUT2D eigenvalue weighted by Crippen LogP contribution is 2.15. The van der Waals surface area contributed by atoms with E-state index in [0.717, 1.165) is 12.0 Å². The van der Waals surface area contributed by atoms with E-state index >= 15 is 0 Å². The summed E-state index contributed by atoms with van der Waals surface area (Å²) in [5.74, 6) is 0. The second kappa shape index (κ2) is 10.4. The van der Waals surface area contributed by atoms with Gasteiger partial charge in [-0.2, -0.15) is 0 Å². The number of rotatable bonds is 4. The standard InChI is InChI=1S/C14H17F.C6H12/c1-4-13-7-5-6-8-14(13)10-9-11(2)12(3)15;1-2-4-6-5-3-1/h5-10,12H,2,4H2,1,3H3;1-6H2/b10-9-;. The summed E-state index contributed by atoms with van der Waals surface area (Å²) in [6, 6.07) is 8.12. The lowest BCUT2D eigenvalue weighted by molar-refractivity contribution is 0.418. The third kappa shape index (κ3) is 7.27. The molecule has 1 aromatic carbocycles. The van der Waals surface area contributed by atoms with Crippen molar-refractivity contribution in [3.63, 3.8) is 0 Å². The summed E-state index contributed by atoms with van der Waals surface area (Å²) < 4.78 is 12.8. The highest BCUT2D eigenvalue weighted by molar-refractivity contribution is 5.56. The van der Waals surface area contributed by atoms with E-state index in [9.17, 15) is 4.39 Å². The van der Waals surface area contributed by atoms with Gasteiger partial charge in [0.1, 0.15) is 6.17 Å². The number of hydrogen-bond acceptors (Lipinski definition) is 0. The van der Waals surface area contributed by atoms with Gasteiger partial charge in [-0.05, 0) is 30.0 Å². The third-order valence-corrected chi connectivity index (χ3v) is 3.92. The van der Waals surface area contributed by atoms with Gasteiger partial charge in [0.15, 0.2) is 0 Å². The summed E-state index contributed by atoms with van der Waals surface area (Å²) >= 11 is 0. The molecule has 0 saturated heterocycles. The topological polar surface area (TPSA) is 0 Å². The second-order valence-electron chi connectivity index (χ2n) is 5.70. The van der Waals surface area contributed by atoms with Crippen molar-refractivity contribution < 1.29 is 4.39 Å². The van der Waals surface area contributed by atoms with Crippen LogP contribution in [0, 0.1) is 0 Å². The van der Waals surface area contributed by atoms with Gasteiger partial charge in [0.2, 0.25) is 0 Å². The molecule has 21 heavy (non-hydrogen) atoms. The molecule has 0 bridgehead atoms. The van der Waals surface area contributed by atoms with Gasteiger partial charge in [0.25, 0.3) is 0 Å². The van der Waals surface area contributed by atoms with Gasteiger partial charge in [-0.1, -0.05) is 88.4 Å². The minimum absolute atomic E-state index is 0.515. The van der Waals surface area contributed by atoms with Crippen molar-refractivity contribution in [2.45, 2.75) is 65.0 Å². The van der Waals surface area contributed by atoms with Crippen molar-refractivity contribution in [2.24, 2.45) is 0 Å². The summed E-state index contributed by atoms with van der Waals surface area (Å²) in [5.41, 5.74) is 2.93. The van der Waals surface area contributed by atoms with E-state index in [4.69, 9.17) is 0 Å². The Kier molecular flexibility index (Phi) is 8.73. The highest BCUT2D eigenvalue weighted by Gasteiger charge is 2.00. The zero-order chi connectivity index (χ0) is 15.5. The number of allylic oxidation sites excluding steroid dienone is 2. The van der Waals surface area contributed by atoms with Gasteiger partial charge in [0, 0.05) is 0 Å². The van der Waals surface area contributed by atoms with E-state index < -0.39 is 6.17 Å². The molecule has 0 amide bonds. The second-order valence-corrected chi connectivity index (χ2v) is 5.70. The van der Waals surface area contributed by atoms with Gasteiger partial charge in [0.05, 0.1) is 0 Å². The van der Waals surface area contributed by atoms with Crippen LogP contribution in [0.1, 0.15) is 63.5 Å². The fourth-order valence-corrected chi connectivity index (χ4v) is 2.41. The van der Waals surface area contributed by atoms with Gasteiger partial charge < -0.3 is 0 Å². The number of hydrogen-bond donors (Lipinski definition) is 0. The molecule has 1 saturated carbocycles. The average Bonchev–Trinajstić information content (AvgIpc) is 2.55. The lowest BCUT2D eigenvalue weighted by atomic mass is 10.0. The molecule has 1 atom stereocenters. The molecule has 116 valence electrons. The Bertz CT molecular complexity index is 427. The quantitative estimate of drug-likeness (QED) is 0.553. The van der Waals surface area contributed by atoms with Gasteiger partial charge >= 0.3 is 0 Å². The normalized spacial score (nSPS) is 16.1. The number of halogens is 1. The minimum Gasteiger partial charge on any atom is -0.243 e. The first-order chi connectivity index (χ1) is 10.1. The van der Waals surface area contributed by atoms with Crippen molar-refractivity contribution in [3.05, 3.63) is 53.6 Å². The molecule has 1 aliphatic carbocycles. The van der Waals surface area contributed by atoms with Crippen molar-refractivity contribution in [2.75, 3.05) is 0 Å². The number of benzene rings is 1. The molecule has 0 heterocycles. The fourth-order valence-electron chi connectivity index (χ4n) is 2.41. The minimum atomic E-state index is -0.977. The summed E-state index contributed by atoms with van der Waals surface area (Å²) in [4.78, 5) is 0. The zero-order valence-electron chi connectivity index (χ0n) is 13.6. The maximum atomic E-state index is 12.8.